The standard InChI is InChI=1S/C15H18N2/c1(2-5-14-8-11-16-12-9-14)3-6-15-7-4-10-17-13-15/h4,7-13H,1-3,5-6H2. The van der Waals surface area contributed by atoms with E-state index >= 15 is 0 Å². The van der Waals surface area contributed by atoms with Crippen LogP contribution >= 0.6 is 0 Å². The molecule has 0 saturated heterocycles. The van der Waals surface area contributed by atoms with Crippen LogP contribution in [0.5, 0.6) is 0 Å². The second-order valence-electron chi connectivity index (χ2n) is 4.28. The van der Waals surface area contributed by atoms with Crippen molar-refractivity contribution in [1.82, 2.24) is 9.97 Å². The summed E-state index contributed by atoms with van der Waals surface area (Å²) in [6, 6.07) is 8.35. The van der Waals surface area contributed by atoms with Gasteiger partial charge in [0.05, 0.1) is 0 Å². The predicted octanol–water partition coefficient (Wildman–Crippen LogP) is 3.43. The van der Waals surface area contributed by atoms with E-state index in [-0.39, 0.29) is 0 Å². The molecule has 0 aliphatic rings. The normalized spacial score (nSPS) is 10.4. The number of rotatable bonds is 6. The highest BCUT2D eigenvalue weighted by molar-refractivity contribution is 5.10. The van der Waals surface area contributed by atoms with Crippen LogP contribution in [0.4, 0.5) is 0 Å². The molecule has 0 spiro atoms. The third kappa shape index (κ3) is 4.35. The predicted molar refractivity (Wildman–Crippen MR) is 69.7 cm³/mol. The second-order valence-corrected chi connectivity index (χ2v) is 4.28. The van der Waals surface area contributed by atoms with Crippen molar-refractivity contribution in [3.8, 4) is 0 Å². The average Bonchev–Trinajstić information content (AvgIpc) is 2.41. The summed E-state index contributed by atoms with van der Waals surface area (Å²) in [6.07, 6.45) is 13.6. The molecule has 0 N–H and O–H groups in total. The first-order chi connectivity index (χ1) is 8.45. The van der Waals surface area contributed by atoms with E-state index in [9.17, 15) is 0 Å². The van der Waals surface area contributed by atoms with Gasteiger partial charge in [0, 0.05) is 24.8 Å². The van der Waals surface area contributed by atoms with Crippen molar-refractivity contribution < 1.29 is 0 Å². The van der Waals surface area contributed by atoms with Gasteiger partial charge < -0.3 is 0 Å². The highest BCUT2D eigenvalue weighted by atomic mass is 14.6. The zero-order chi connectivity index (χ0) is 11.8. The Morgan fingerprint density at radius 1 is 0.706 bits per heavy atom. The Kier molecular flexibility index (Phi) is 4.70. The molecule has 0 aliphatic carbocycles. The summed E-state index contributed by atoms with van der Waals surface area (Å²) in [4.78, 5) is 8.15. The maximum absolute atomic E-state index is 4.12. The van der Waals surface area contributed by atoms with Crippen molar-refractivity contribution in [1.29, 1.82) is 0 Å². The first kappa shape index (κ1) is 11.8. The molecule has 0 saturated carbocycles. The molecule has 2 heterocycles. The molecule has 0 bridgehead atoms. The van der Waals surface area contributed by atoms with E-state index in [1.807, 2.05) is 30.9 Å². The van der Waals surface area contributed by atoms with E-state index in [1.54, 1.807) is 0 Å². The summed E-state index contributed by atoms with van der Waals surface area (Å²) in [6.45, 7) is 0. The maximum Gasteiger partial charge on any atom is 0.0299 e. The number of hydrogen-bond donors (Lipinski definition) is 0. The van der Waals surface area contributed by atoms with E-state index in [1.165, 1.54) is 30.4 Å². The summed E-state index contributed by atoms with van der Waals surface area (Å²) in [5.41, 5.74) is 2.73. The van der Waals surface area contributed by atoms with Crippen LogP contribution in [0.1, 0.15) is 30.4 Å². The smallest absolute Gasteiger partial charge is 0.0299 e. The molecule has 2 aromatic rings. The monoisotopic (exact) mass is 226 g/mol. The molecular formula is C15H18N2. The Morgan fingerprint density at radius 2 is 1.47 bits per heavy atom. The lowest BCUT2D eigenvalue weighted by Crippen LogP contribution is -1.89. The summed E-state index contributed by atoms with van der Waals surface area (Å²) >= 11 is 0. The molecule has 0 aliphatic heterocycles. The van der Waals surface area contributed by atoms with Gasteiger partial charge in [-0.1, -0.05) is 12.5 Å². The Balaban J connectivity index is 1.61. The topological polar surface area (TPSA) is 25.8 Å². The van der Waals surface area contributed by atoms with Gasteiger partial charge in [0.2, 0.25) is 0 Å². The number of unbranched alkanes of at least 4 members (excludes halogenated alkanes) is 2. The minimum atomic E-state index is 1.14. The molecule has 0 atom stereocenters. The molecule has 0 radical (unpaired) electrons. The van der Waals surface area contributed by atoms with Crippen molar-refractivity contribution in [3.63, 3.8) is 0 Å². The molecule has 0 fully saturated rings. The third-order valence-electron chi connectivity index (χ3n) is 2.90. The first-order valence-electron chi connectivity index (χ1n) is 6.23. The lowest BCUT2D eigenvalue weighted by Gasteiger charge is -2.02. The summed E-state index contributed by atoms with van der Waals surface area (Å²) in [7, 11) is 0. The lowest BCUT2D eigenvalue weighted by molar-refractivity contribution is 0.677. The fraction of sp³-hybridized carbons (Fsp3) is 0.333. The fourth-order valence-corrected chi connectivity index (χ4v) is 1.93. The molecule has 0 unspecified atom stereocenters. The van der Waals surface area contributed by atoms with E-state index in [2.05, 4.69) is 28.2 Å². The number of hydrogen-bond acceptors (Lipinski definition) is 2. The average molecular weight is 226 g/mol. The Morgan fingerprint density at radius 3 is 2.18 bits per heavy atom. The van der Waals surface area contributed by atoms with Crippen LogP contribution in [0.3, 0.4) is 0 Å². The highest BCUT2D eigenvalue weighted by Gasteiger charge is 1.95. The molecule has 0 amide bonds. The number of pyridine rings is 2. The fourth-order valence-electron chi connectivity index (χ4n) is 1.93. The van der Waals surface area contributed by atoms with Gasteiger partial charge >= 0.3 is 0 Å². The zero-order valence-electron chi connectivity index (χ0n) is 10.0. The molecule has 17 heavy (non-hydrogen) atoms. The highest BCUT2D eigenvalue weighted by Crippen LogP contribution is 2.08. The Bertz CT molecular complexity index is 370. The van der Waals surface area contributed by atoms with Crippen LogP contribution in [0.15, 0.2) is 49.1 Å². The Labute approximate surface area is 103 Å². The molecule has 0 aromatic carbocycles. The van der Waals surface area contributed by atoms with Gasteiger partial charge in [0.15, 0.2) is 0 Å². The lowest BCUT2D eigenvalue weighted by atomic mass is 10.1. The van der Waals surface area contributed by atoms with Gasteiger partial charge in [-0.25, -0.2) is 0 Å². The van der Waals surface area contributed by atoms with Crippen LogP contribution in [-0.4, -0.2) is 9.97 Å². The van der Waals surface area contributed by atoms with Crippen molar-refractivity contribution in [2.75, 3.05) is 0 Å². The van der Waals surface area contributed by atoms with Gasteiger partial charge in [-0.15, -0.1) is 0 Å². The van der Waals surface area contributed by atoms with E-state index in [0.29, 0.717) is 0 Å². The van der Waals surface area contributed by atoms with Gasteiger partial charge in [0.1, 0.15) is 0 Å². The third-order valence-corrected chi connectivity index (χ3v) is 2.90. The van der Waals surface area contributed by atoms with Gasteiger partial charge in [0.25, 0.3) is 0 Å². The minimum absolute atomic E-state index is 1.14. The molecule has 2 nitrogen and oxygen atoms in total. The SMILES string of the molecule is c1cncc(CCCCCc2ccncc2)c1. The number of aryl methyl sites for hydroxylation is 2. The van der Waals surface area contributed by atoms with Crippen LogP contribution in [0.2, 0.25) is 0 Å². The van der Waals surface area contributed by atoms with Crippen LogP contribution in [-0.2, 0) is 12.8 Å². The zero-order valence-corrected chi connectivity index (χ0v) is 10.0. The molecule has 88 valence electrons. The van der Waals surface area contributed by atoms with Crippen molar-refractivity contribution >= 4 is 0 Å². The van der Waals surface area contributed by atoms with Crippen molar-refractivity contribution in [2.45, 2.75) is 32.1 Å². The van der Waals surface area contributed by atoms with Gasteiger partial charge in [-0.2, -0.15) is 0 Å². The Hall–Kier alpha value is -1.70. The number of nitrogens with zero attached hydrogens (tertiary/aromatic N) is 2. The summed E-state index contributed by atoms with van der Waals surface area (Å²) in [5.74, 6) is 0. The first-order valence-corrected chi connectivity index (χ1v) is 6.23. The van der Waals surface area contributed by atoms with Gasteiger partial charge in [-0.05, 0) is 55.0 Å². The molecular weight excluding hydrogens is 208 g/mol. The minimum Gasteiger partial charge on any atom is -0.265 e. The largest absolute Gasteiger partial charge is 0.265 e. The van der Waals surface area contributed by atoms with Crippen LogP contribution < -0.4 is 0 Å². The van der Waals surface area contributed by atoms with Gasteiger partial charge in [-0.3, -0.25) is 9.97 Å². The second kappa shape index (κ2) is 6.79. The molecule has 2 aromatic heterocycles. The maximum atomic E-state index is 4.12. The summed E-state index contributed by atoms with van der Waals surface area (Å²) in [5, 5.41) is 0. The van der Waals surface area contributed by atoms with E-state index < -0.39 is 0 Å². The quantitative estimate of drug-likeness (QED) is 0.705. The summed E-state index contributed by atoms with van der Waals surface area (Å²) < 4.78 is 0. The van der Waals surface area contributed by atoms with Crippen molar-refractivity contribution in [2.24, 2.45) is 0 Å². The van der Waals surface area contributed by atoms with E-state index in [0.717, 1.165) is 12.8 Å². The van der Waals surface area contributed by atoms with Crippen LogP contribution in [0, 0.1) is 0 Å². The van der Waals surface area contributed by atoms with Crippen LogP contribution in [0.25, 0.3) is 0 Å². The van der Waals surface area contributed by atoms with Crippen molar-refractivity contribution in [3.05, 3.63) is 60.2 Å². The van der Waals surface area contributed by atoms with E-state index in [4.69, 9.17) is 0 Å². The molecule has 2 rings (SSSR count). The molecule has 2 heteroatoms. The number of aromatic nitrogens is 2.